The number of ether oxygens (including phenoxy) is 4. The van der Waals surface area contributed by atoms with Crippen molar-refractivity contribution >= 4 is 70.9 Å². The average molecular weight is 785 g/mol. The second kappa shape index (κ2) is 21.3. The second-order valence-electron chi connectivity index (χ2n) is 9.64. The number of rotatable bonds is 4. The highest BCUT2D eigenvalue weighted by atomic mass is 32.2. The molecule has 0 atom stereocenters. The van der Waals surface area contributed by atoms with E-state index in [9.17, 15) is 19.2 Å². The maximum atomic E-state index is 12.3. The SMILES string of the molecule is COC(=O)C1=C(C(=O)OC)SC(=CC#CC(C#CC=C2SC(C(=O)OC)=C(C(=O)OC)S2)=C(C#CC#Cc2ccccc2)C#CC#Cc2ccccc2)S1. The van der Waals surface area contributed by atoms with Gasteiger partial charge in [0.1, 0.15) is 25.2 Å². The zero-order valence-electron chi connectivity index (χ0n) is 28.8. The van der Waals surface area contributed by atoms with Crippen LogP contribution in [0.15, 0.2) is 112 Å². The summed E-state index contributed by atoms with van der Waals surface area (Å²) in [4.78, 5) is 49.7. The van der Waals surface area contributed by atoms with Gasteiger partial charge in [-0.25, -0.2) is 19.2 Å². The van der Waals surface area contributed by atoms with Crippen molar-refractivity contribution in [3.63, 3.8) is 0 Å². The molecule has 0 unspecified atom stereocenters. The molecule has 0 radical (unpaired) electrons. The van der Waals surface area contributed by atoms with Gasteiger partial charge in [0, 0.05) is 23.3 Å². The molecule has 0 aromatic heterocycles. The molecule has 0 N–H and O–H groups in total. The van der Waals surface area contributed by atoms with E-state index in [1.165, 1.54) is 40.6 Å². The Morgan fingerprint density at radius 2 is 0.778 bits per heavy atom. The lowest BCUT2D eigenvalue weighted by Gasteiger charge is -2.00. The zero-order chi connectivity index (χ0) is 38.7. The number of carbonyl (C=O) groups is 4. The van der Waals surface area contributed by atoms with Crippen molar-refractivity contribution in [2.24, 2.45) is 0 Å². The topological polar surface area (TPSA) is 105 Å². The molecule has 54 heavy (non-hydrogen) atoms. The van der Waals surface area contributed by atoms with Gasteiger partial charge in [-0.05, 0) is 59.8 Å². The number of carbonyl (C=O) groups excluding carboxylic acids is 4. The van der Waals surface area contributed by atoms with E-state index in [-0.39, 0.29) is 30.8 Å². The Bertz CT molecular complexity index is 2190. The largest absolute Gasteiger partial charge is 0.465 e. The first-order valence-electron chi connectivity index (χ1n) is 15.1. The van der Waals surface area contributed by atoms with Crippen LogP contribution in [0.25, 0.3) is 0 Å². The molecule has 0 spiro atoms. The summed E-state index contributed by atoms with van der Waals surface area (Å²) in [6.07, 6.45) is 3.02. The predicted molar refractivity (Wildman–Crippen MR) is 213 cm³/mol. The Morgan fingerprint density at radius 3 is 1.09 bits per heavy atom. The van der Waals surface area contributed by atoms with Crippen molar-refractivity contribution in [3.05, 3.63) is 123 Å². The average Bonchev–Trinajstić information content (AvgIpc) is 3.84. The predicted octanol–water partition coefficient (Wildman–Crippen LogP) is 6.16. The molecule has 2 aliphatic heterocycles. The van der Waals surface area contributed by atoms with E-state index >= 15 is 0 Å². The highest BCUT2D eigenvalue weighted by Gasteiger charge is 2.33. The summed E-state index contributed by atoms with van der Waals surface area (Å²) in [6, 6.07) is 18.6. The molecular formula is C42H24O8S4. The smallest absolute Gasteiger partial charge is 0.346 e. The third-order valence-corrected chi connectivity index (χ3v) is 11.0. The summed E-state index contributed by atoms with van der Waals surface area (Å²) in [7, 11) is 4.85. The monoisotopic (exact) mass is 784 g/mol. The molecule has 4 rings (SSSR count). The van der Waals surface area contributed by atoms with E-state index in [1.54, 1.807) is 0 Å². The molecule has 0 amide bonds. The second-order valence-corrected chi connectivity index (χ2v) is 14.4. The Labute approximate surface area is 330 Å². The molecule has 0 saturated heterocycles. The van der Waals surface area contributed by atoms with Crippen LogP contribution in [0.5, 0.6) is 0 Å². The van der Waals surface area contributed by atoms with Gasteiger partial charge in [-0.1, -0.05) is 119 Å². The summed E-state index contributed by atoms with van der Waals surface area (Å²) < 4.78 is 20.3. The van der Waals surface area contributed by atoms with Gasteiger partial charge >= 0.3 is 23.9 Å². The van der Waals surface area contributed by atoms with E-state index in [0.29, 0.717) is 8.47 Å². The molecule has 12 heteroatoms. The van der Waals surface area contributed by atoms with Crippen LogP contribution in [0.2, 0.25) is 0 Å². The number of esters is 4. The van der Waals surface area contributed by atoms with Gasteiger partial charge in [-0.15, -0.1) is 0 Å². The van der Waals surface area contributed by atoms with Crippen LogP contribution < -0.4 is 0 Å². The molecule has 2 aliphatic rings. The fourth-order valence-corrected chi connectivity index (χ4v) is 8.22. The first kappa shape index (κ1) is 40.5. The van der Waals surface area contributed by atoms with Gasteiger partial charge in [0.15, 0.2) is 0 Å². The summed E-state index contributed by atoms with van der Waals surface area (Å²) in [6.45, 7) is 0. The maximum absolute atomic E-state index is 12.3. The third kappa shape index (κ3) is 11.9. The number of allylic oxidation sites excluding steroid dienone is 4. The summed E-state index contributed by atoms with van der Waals surface area (Å²) in [5.74, 6) is 32.2. The maximum Gasteiger partial charge on any atom is 0.346 e. The van der Waals surface area contributed by atoms with Gasteiger partial charge < -0.3 is 18.9 Å². The zero-order valence-corrected chi connectivity index (χ0v) is 32.1. The summed E-state index contributed by atoms with van der Waals surface area (Å²) >= 11 is 4.06. The Kier molecular flexibility index (Phi) is 16.0. The minimum Gasteiger partial charge on any atom is -0.465 e. The molecule has 8 nitrogen and oxygen atoms in total. The first-order valence-corrected chi connectivity index (χ1v) is 18.4. The van der Waals surface area contributed by atoms with E-state index in [2.05, 4.69) is 71.0 Å². The molecule has 0 saturated carbocycles. The normalized spacial score (nSPS) is 12.1. The van der Waals surface area contributed by atoms with Crippen LogP contribution in [-0.4, -0.2) is 52.3 Å². The van der Waals surface area contributed by atoms with Gasteiger partial charge in [0.05, 0.1) is 42.5 Å². The van der Waals surface area contributed by atoms with E-state index < -0.39 is 23.9 Å². The van der Waals surface area contributed by atoms with Gasteiger partial charge in [0.2, 0.25) is 0 Å². The van der Waals surface area contributed by atoms with Gasteiger partial charge in [0.25, 0.3) is 0 Å². The van der Waals surface area contributed by atoms with Crippen molar-refractivity contribution < 1.29 is 38.1 Å². The molecule has 0 fully saturated rings. The lowest BCUT2D eigenvalue weighted by atomic mass is 10.1. The highest BCUT2D eigenvalue weighted by Crippen LogP contribution is 2.50. The lowest BCUT2D eigenvalue weighted by molar-refractivity contribution is -0.138. The Morgan fingerprint density at radius 1 is 0.463 bits per heavy atom. The number of methoxy groups -OCH3 is 4. The number of hydrogen-bond acceptors (Lipinski definition) is 12. The first-order chi connectivity index (χ1) is 26.3. The molecule has 2 heterocycles. The van der Waals surface area contributed by atoms with E-state index in [4.69, 9.17) is 18.9 Å². The standard InChI is InChI=1S/C42H24O8S4/c1-47-39(43)35-36(40(44)48-2)52-33(51-35)27-15-25-32(26-16-28-34-53-37(41(45)49-3)38(54-34)42(46)50-4)31(23-13-11-21-29-17-7-5-8-18-29)24-14-12-22-30-19-9-6-10-20-30/h5-10,17-20,27-28H,1-4H3. The molecule has 2 aromatic rings. The van der Waals surface area contributed by atoms with Crippen molar-refractivity contribution in [2.75, 3.05) is 28.4 Å². The number of benzene rings is 2. The minimum atomic E-state index is -0.687. The fourth-order valence-electron chi connectivity index (χ4n) is 3.74. The minimum absolute atomic E-state index is 0.0776. The van der Waals surface area contributed by atoms with Crippen molar-refractivity contribution in [1.29, 1.82) is 0 Å². The summed E-state index contributed by atoms with van der Waals surface area (Å²) in [5.41, 5.74) is 1.94. The van der Waals surface area contributed by atoms with Crippen molar-refractivity contribution in [2.45, 2.75) is 0 Å². The fraction of sp³-hybridized carbons (Fsp3) is 0.0952. The van der Waals surface area contributed by atoms with Crippen LogP contribution in [0.1, 0.15) is 11.1 Å². The van der Waals surface area contributed by atoms with E-state index in [1.807, 2.05) is 60.7 Å². The molecular weight excluding hydrogens is 761 g/mol. The van der Waals surface area contributed by atoms with Gasteiger partial charge in [-0.2, -0.15) is 0 Å². The molecule has 0 aliphatic carbocycles. The number of hydrogen-bond donors (Lipinski definition) is 0. The molecule has 264 valence electrons. The van der Waals surface area contributed by atoms with Crippen LogP contribution in [-0.2, 0) is 38.1 Å². The molecule has 0 bridgehead atoms. The third-order valence-electron chi connectivity index (χ3n) is 6.19. The summed E-state index contributed by atoms with van der Waals surface area (Å²) in [5, 5.41) is 0. The van der Waals surface area contributed by atoms with Crippen molar-refractivity contribution in [1.82, 2.24) is 0 Å². The van der Waals surface area contributed by atoms with Crippen molar-refractivity contribution in [3.8, 4) is 71.0 Å². The Balaban J connectivity index is 1.82. The highest BCUT2D eigenvalue weighted by molar-refractivity contribution is 8.29. The van der Waals surface area contributed by atoms with E-state index in [0.717, 1.165) is 58.2 Å². The van der Waals surface area contributed by atoms with Crippen LogP contribution >= 0.6 is 47.0 Å². The Hall–Kier alpha value is -6.22. The van der Waals surface area contributed by atoms with Crippen LogP contribution in [0, 0.1) is 71.0 Å². The van der Waals surface area contributed by atoms with Gasteiger partial charge in [-0.3, -0.25) is 0 Å². The number of thioether (sulfide) groups is 4. The lowest BCUT2D eigenvalue weighted by Crippen LogP contribution is -2.08. The molecule has 2 aromatic carbocycles. The quantitative estimate of drug-likeness (QED) is 0.202. The van der Waals surface area contributed by atoms with Crippen LogP contribution in [0.3, 0.4) is 0 Å². The van der Waals surface area contributed by atoms with Crippen LogP contribution in [0.4, 0.5) is 0 Å².